The zero-order valence-electron chi connectivity index (χ0n) is 18.8. The van der Waals surface area contributed by atoms with E-state index in [1.807, 2.05) is 0 Å². The smallest absolute Gasteiger partial charge is 0.168 e. The van der Waals surface area contributed by atoms with Crippen LogP contribution in [0.1, 0.15) is 42.7 Å². The van der Waals surface area contributed by atoms with Gasteiger partial charge in [-0.2, -0.15) is 0 Å². The molecule has 0 bridgehead atoms. The summed E-state index contributed by atoms with van der Waals surface area (Å²) in [6, 6.07) is 14.6. The van der Waals surface area contributed by atoms with Crippen molar-refractivity contribution in [2.24, 2.45) is 0 Å². The van der Waals surface area contributed by atoms with Gasteiger partial charge in [0.25, 0.3) is 0 Å². The van der Waals surface area contributed by atoms with Crippen molar-refractivity contribution in [3.8, 4) is 22.6 Å². The molecule has 1 aliphatic rings. The van der Waals surface area contributed by atoms with Gasteiger partial charge in [-0.05, 0) is 60.4 Å². The van der Waals surface area contributed by atoms with E-state index >= 15 is 0 Å². The Bertz CT molecular complexity index is 1140. The maximum atomic E-state index is 14.9. The summed E-state index contributed by atoms with van der Waals surface area (Å²) in [7, 11) is 0. The lowest BCUT2D eigenvalue weighted by Gasteiger charge is -2.26. The van der Waals surface area contributed by atoms with Gasteiger partial charge in [0, 0.05) is 11.6 Å². The molecule has 0 amide bonds. The molecule has 34 heavy (non-hydrogen) atoms. The SMILES string of the molecule is C=CCOc1ccc(OCc2ccc(-c3ccc(C4CCC(O)CC4)c(F)c3F)cc2)cc1F. The lowest BCUT2D eigenvalue weighted by molar-refractivity contribution is 0.122. The first-order valence-electron chi connectivity index (χ1n) is 11.4. The first-order valence-corrected chi connectivity index (χ1v) is 11.4. The second-order valence-electron chi connectivity index (χ2n) is 8.51. The highest BCUT2D eigenvalue weighted by Crippen LogP contribution is 2.37. The number of ether oxygens (including phenoxy) is 2. The van der Waals surface area contributed by atoms with Crippen molar-refractivity contribution in [1.82, 2.24) is 0 Å². The highest BCUT2D eigenvalue weighted by Gasteiger charge is 2.25. The highest BCUT2D eigenvalue weighted by molar-refractivity contribution is 5.65. The summed E-state index contributed by atoms with van der Waals surface area (Å²) in [5.74, 6) is -1.79. The Balaban J connectivity index is 1.42. The normalized spacial score (nSPS) is 17.9. The van der Waals surface area contributed by atoms with Crippen molar-refractivity contribution in [3.63, 3.8) is 0 Å². The van der Waals surface area contributed by atoms with Gasteiger partial charge in [-0.3, -0.25) is 0 Å². The van der Waals surface area contributed by atoms with Crippen LogP contribution in [0.3, 0.4) is 0 Å². The van der Waals surface area contributed by atoms with Gasteiger partial charge < -0.3 is 14.6 Å². The molecular formula is C28H27F3O3. The van der Waals surface area contributed by atoms with Crippen LogP contribution in [0.15, 0.2) is 67.3 Å². The van der Waals surface area contributed by atoms with E-state index in [9.17, 15) is 18.3 Å². The number of aliphatic hydroxyl groups is 1. The Morgan fingerprint density at radius 3 is 2.29 bits per heavy atom. The van der Waals surface area contributed by atoms with Crippen molar-refractivity contribution in [2.45, 2.75) is 44.3 Å². The van der Waals surface area contributed by atoms with E-state index in [-0.39, 0.29) is 36.5 Å². The van der Waals surface area contributed by atoms with Gasteiger partial charge in [0.2, 0.25) is 0 Å². The fraction of sp³-hybridized carbons (Fsp3) is 0.286. The molecule has 178 valence electrons. The fourth-order valence-corrected chi connectivity index (χ4v) is 4.27. The quantitative estimate of drug-likeness (QED) is 0.364. The largest absolute Gasteiger partial charge is 0.489 e. The van der Waals surface area contributed by atoms with Gasteiger partial charge >= 0.3 is 0 Å². The van der Waals surface area contributed by atoms with Crippen LogP contribution in [0.4, 0.5) is 13.2 Å². The first-order chi connectivity index (χ1) is 16.5. The van der Waals surface area contributed by atoms with Crippen LogP contribution in [-0.4, -0.2) is 17.8 Å². The summed E-state index contributed by atoms with van der Waals surface area (Å²) in [5.41, 5.74) is 1.93. The van der Waals surface area contributed by atoms with Crippen LogP contribution >= 0.6 is 0 Å². The van der Waals surface area contributed by atoms with Crippen LogP contribution < -0.4 is 9.47 Å². The number of benzene rings is 3. The van der Waals surface area contributed by atoms with E-state index in [1.54, 1.807) is 42.5 Å². The molecule has 1 aliphatic carbocycles. The summed E-state index contributed by atoms with van der Waals surface area (Å²) >= 11 is 0. The van der Waals surface area contributed by atoms with Gasteiger partial charge in [0.15, 0.2) is 23.2 Å². The molecule has 0 radical (unpaired) electrons. The summed E-state index contributed by atoms with van der Waals surface area (Å²) in [4.78, 5) is 0. The van der Waals surface area contributed by atoms with Crippen LogP contribution in [0, 0.1) is 17.5 Å². The Labute approximate surface area is 197 Å². The predicted molar refractivity (Wildman–Crippen MR) is 125 cm³/mol. The number of halogens is 3. The number of aliphatic hydroxyl groups excluding tert-OH is 1. The van der Waals surface area contributed by atoms with Crippen molar-refractivity contribution >= 4 is 0 Å². The Morgan fingerprint density at radius 2 is 1.62 bits per heavy atom. The summed E-state index contributed by atoms with van der Waals surface area (Å²) in [6.45, 7) is 3.93. The third-order valence-corrected chi connectivity index (χ3v) is 6.18. The van der Waals surface area contributed by atoms with Gasteiger partial charge in [0.05, 0.1) is 6.10 Å². The van der Waals surface area contributed by atoms with Crippen molar-refractivity contribution < 1.29 is 27.8 Å². The molecule has 0 unspecified atom stereocenters. The molecule has 0 aromatic heterocycles. The number of hydrogen-bond acceptors (Lipinski definition) is 3. The molecule has 1 N–H and O–H groups in total. The molecule has 1 saturated carbocycles. The number of rotatable bonds is 8. The zero-order valence-corrected chi connectivity index (χ0v) is 18.8. The first kappa shape index (κ1) is 23.9. The van der Waals surface area contributed by atoms with Gasteiger partial charge in [-0.1, -0.05) is 49.1 Å². The maximum absolute atomic E-state index is 14.9. The summed E-state index contributed by atoms with van der Waals surface area (Å²) in [6.07, 6.45) is 3.71. The average Bonchev–Trinajstić information content (AvgIpc) is 2.85. The minimum absolute atomic E-state index is 0.0704. The Morgan fingerprint density at radius 1 is 0.882 bits per heavy atom. The lowest BCUT2D eigenvalue weighted by Crippen LogP contribution is -2.18. The molecule has 3 nitrogen and oxygen atoms in total. The molecule has 4 rings (SSSR count). The third-order valence-electron chi connectivity index (χ3n) is 6.18. The molecule has 3 aromatic rings. The second-order valence-corrected chi connectivity index (χ2v) is 8.51. The molecule has 0 aliphatic heterocycles. The average molecular weight is 469 g/mol. The van der Waals surface area contributed by atoms with E-state index in [1.165, 1.54) is 18.2 Å². The van der Waals surface area contributed by atoms with Crippen LogP contribution in [0.5, 0.6) is 11.5 Å². The summed E-state index contributed by atoms with van der Waals surface area (Å²) < 4.78 is 54.7. The molecule has 0 heterocycles. The van der Waals surface area contributed by atoms with Gasteiger partial charge in [-0.25, -0.2) is 13.2 Å². The van der Waals surface area contributed by atoms with Crippen LogP contribution in [0.25, 0.3) is 11.1 Å². The van der Waals surface area contributed by atoms with Crippen molar-refractivity contribution in [2.75, 3.05) is 6.61 Å². The van der Waals surface area contributed by atoms with Crippen LogP contribution in [0.2, 0.25) is 0 Å². The Kier molecular flexibility index (Phi) is 7.58. The summed E-state index contributed by atoms with van der Waals surface area (Å²) in [5, 5.41) is 9.67. The van der Waals surface area contributed by atoms with Crippen molar-refractivity contribution in [3.05, 3.63) is 95.8 Å². The van der Waals surface area contributed by atoms with Gasteiger partial charge in [-0.15, -0.1) is 0 Å². The molecule has 3 aromatic carbocycles. The molecular weight excluding hydrogens is 441 g/mol. The topological polar surface area (TPSA) is 38.7 Å². The van der Waals surface area contributed by atoms with Gasteiger partial charge in [0.1, 0.15) is 19.0 Å². The maximum Gasteiger partial charge on any atom is 0.168 e. The molecule has 6 heteroatoms. The van der Waals surface area contributed by atoms with E-state index < -0.39 is 17.5 Å². The zero-order chi connectivity index (χ0) is 24.1. The standard InChI is InChI=1S/C28H27F3O3/c1-2-15-33-26-14-11-22(16-25(26)29)34-17-18-3-5-19(6-4-18)23-12-13-24(28(31)27(23)30)20-7-9-21(32)10-8-20/h2-6,11-14,16,20-21,32H,1,7-10,15,17H2. The fourth-order valence-electron chi connectivity index (χ4n) is 4.27. The molecule has 0 spiro atoms. The minimum atomic E-state index is -0.859. The second kappa shape index (κ2) is 10.8. The van der Waals surface area contributed by atoms with Crippen molar-refractivity contribution in [1.29, 1.82) is 0 Å². The monoisotopic (exact) mass is 468 g/mol. The van der Waals surface area contributed by atoms with E-state index in [2.05, 4.69) is 6.58 Å². The van der Waals surface area contributed by atoms with Crippen LogP contribution in [-0.2, 0) is 6.61 Å². The third kappa shape index (κ3) is 5.45. The number of hydrogen-bond donors (Lipinski definition) is 1. The molecule has 0 saturated heterocycles. The molecule has 0 atom stereocenters. The van der Waals surface area contributed by atoms with E-state index in [0.29, 0.717) is 42.6 Å². The minimum Gasteiger partial charge on any atom is -0.489 e. The lowest BCUT2D eigenvalue weighted by atomic mass is 9.82. The predicted octanol–water partition coefficient (Wildman–Crippen LogP) is 6.93. The molecule has 1 fully saturated rings. The van der Waals surface area contributed by atoms with E-state index in [0.717, 1.165) is 5.56 Å². The van der Waals surface area contributed by atoms with E-state index in [4.69, 9.17) is 9.47 Å². The highest BCUT2D eigenvalue weighted by atomic mass is 19.2. The Hall–Kier alpha value is -3.25.